The first-order valence-corrected chi connectivity index (χ1v) is 8.21. The predicted molar refractivity (Wildman–Crippen MR) is 83.6 cm³/mol. The van der Waals surface area contributed by atoms with E-state index in [1.54, 1.807) is 0 Å². The molecule has 0 unspecified atom stereocenters. The van der Waals surface area contributed by atoms with E-state index in [9.17, 15) is 0 Å². The van der Waals surface area contributed by atoms with Crippen molar-refractivity contribution in [2.24, 2.45) is 5.92 Å². The van der Waals surface area contributed by atoms with Gasteiger partial charge in [-0.1, -0.05) is 18.5 Å². The monoisotopic (exact) mass is 293 g/mol. The highest BCUT2D eigenvalue weighted by Gasteiger charge is 2.30. The summed E-state index contributed by atoms with van der Waals surface area (Å²) in [6, 6.07) is 0.600. The second kappa shape index (κ2) is 5.51. The van der Waals surface area contributed by atoms with Crippen molar-refractivity contribution in [3.8, 4) is 0 Å². The number of aromatic nitrogens is 2. The average Bonchev–Trinajstić information content (AvgIpc) is 3.26. The molecule has 0 bridgehead atoms. The van der Waals surface area contributed by atoms with E-state index in [1.807, 2.05) is 6.92 Å². The topological polar surface area (TPSA) is 29.0 Å². The molecule has 2 saturated carbocycles. The Hall–Kier alpha value is -0.830. The largest absolute Gasteiger partial charge is 0.356 e. The fraction of sp³-hybridized carbons (Fsp3) is 0.750. The normalized spacial score (nSPS) is 26.6. The molecule has 0 aromatic carbocycles. The molecule has 0 N–H and O–H groups in total. The van der Waals surface area contributed by atoms with Crippen LogP contribution in [0.4, 0.5) is 5.82 Å². The molecule has 2 aliphatic carbocycles. The van der Waals surface area contributed by atoms with E-state index in [4.69, 9.17) is 16.6 Å². The lowest BCUT2D eigenvalue weighted by Gasteiger charge is -2.35. The standard InChI is InChI=1S/C16H24ClN3/c1-10-4-8-13(9-5-10)20(3)16-11(2)14(17)18-15(19-16)12-6-7-12/h10,12-13H,4-9H2,1-3H3. The van der Waals surface area contributed by atoms with Crippen molar-refractivity contribution >= 4 is 17.4 Å². The van der Waals surface area contributed by atoms with E-state index in [-0.39, 0.29) is 0 Å². The molecule has 0 spiro atoms. The molecule has 3 rings (SSSR count). The number of nitrogens with zero attached hydrogens (tertiary/aromatic N) is 3. The van der Waals surface area contributed by atoms with Crippen LogP contribution in [0, 0.1) is 12.8 Å². The Morgan fingerprint density at radius 1 is 1.05 bits per heavy atom. The van der Waals surface area contributed by atoms with Crippen molar-refractivity contribution in [1.82, 2.24) is 9.97 Å². The van der Waals surface area contributed by atoms with E-state index >= 15 is 0 Å². The lowest BCUT2D eigenvalue weighted by molar-refractivity contribution is 0.339. The molecule has 1 heterocycles. The van der Waals surface area contributed by atoms with Gasteiger partial charge < -0.3 is 4.90 Å². The van der Waals surface area contributed by atoms with Crippen molar-refractivity contribution in [1.29, 1.82) is 0 Å². The maximum absolute atomic E-state index is 6.32. The molecule has 20 heavy (non-hydrogen) atoms. The van der Waals surface area contributed by atoms with Crippen molar-refractivity contribution in [3.05, 3.63) is 16.5 Å². The van der Waals surface area contributed by atoms with Crippen molar-refractivity contribution < 1.29 is 0 Å². The molecule has 0 saturated heterocycles. The molecule has 1 aromatic heterocycles. The smallest absolute Gasteiger partial charge is 0.137 e. The van der Waals surface area contributed by atoms with Gasteiger partial charge in [-0.15, -0.1) is 0 Å². The Morgan fingerprint density at radius 2 is 1.70 bits per heavy atom. The van der Waals surface area contributed by atoms with Gasteiger partial charge >= 0.3 is 0 Å². The van der Waals surface area contributed by atoms with Gasteiger partial charge in [0.15, 0.2) is 0 Å². The number of anilines is 1. The lowest BCUT2D eigenvalue weighted by atomic mass is 9.86. The second-order valence-electron chi connectivity index (χ2n) is 6.62. The number of hydrogen-bond donors (Lipinski definition) is 0. The average molecular weight is 294 g/mol. The zero-order valence-corrected chi connectivity index (χ0v) is 13.5. The Balaban J connectivity index is 1.84. The molecule has 4 heteroatoms. The molecular formula is C16H24ClN3. The Bertz CT molecular complexity index is 491. The van der Waals surface area contributed by atoms with Gasteiger partial charge in [-0.25, -0.2) is 9.97 Å². The van der Waals surface area contributed by atoms with Crippen LogP contribution in [0.2, 0.25) is 5.15 Å². The fourth-order valence-corrected chi connectivity index (χ4v) is 3.34. The van der Waals surface area contributed by atoms with Crippen LogP contribution >= 0.6 is 11.6 Å². The highest BCUT2D eigenvalue weighted by atomic mass is 35.5. The predicted octanol–water partition coefficient (Wildman–Crippen LogP) is 4.33. The third kappa shape index (κ3) is 2.78. The van der Waals surface area contributed by atoms with E-state index in [0.717, 1.165) is 23.1 Å². The summed E-state index contributed by atoms with van der Waals surface area (Å²) < 4.78 is 0. The van der Waals surface area contributed by atoms with Crippen LogP contribution in [0.5, 0.6) is 0 Å². The maximum Gasteiger partial charge on any atom is 0.137 e. The molecule has 3 nitrogen and oxygen atoms in total. The molecular weight excluding hydrogens is 270 g/mol. The van der Waals surface area contributed by atoms with Crippen molar-refractivity contribution in [3.63, 3.8) is 0 Å². The number of rotatable bonds is 3. The first kappa shape index (κ1) is 14.1. The minimum Gasteiger partial charge on any atom is -0.356 e. The number of halogens is 1. The summed E-state index contributed by atoms with van der Waals surface area (Å²) in [5.74, 6) is 3.42. The summed E-state index contributed by atoms with van der Waals surface area (Å²) in [5, 5.41) is 0.632. The van der Waals surface area contributed by atoms with E-state index in [1.165, 1.54) is 38.5 Å². The molecule has 0 radical (unpaired) electrons. The SMILES string of the molecule is Cc1c(Cl)nc(C2CC2)nc1N(C)C1CCC(C)CC1. The first-order chi connectivity index (χ1) is 9.56. The van der Waals surface area contributed by atoms with Gasteiger partial charge in [0.1, 0.15) is 16.8 Å². The summed E-state index contributed by atoms with van der Waals surface area (Å²) in [7, 11) is 2.17. The van der Waals surface area contributed by atoms with Gasteiger partial charge in [0, 0.05) is 24.6 Å². The molecule has 1 aromatic rings. The second-order valence-corrected chi connectivity index (χ2v) is 6.98. The van der Waals surface area contributed by atoms with Crippen LogP contribution in [0.15, 0.2) is 0 Å². The quantitative estimate of drug-likeness (QED) is 0.777. The van der Waals surface area contributed by atoms with Crippen LogP contribution in [-0.4, -0.2) is 23.1 Å². The highest BCUT2D eigenvalue weighted by molar-refractivity contribution is 6.30. The third-order valence-corrected chi connectivity index (χ3v) is 5.26. The third-order valence-electron chi connectivity index (χ3n) is 4.89. The van der Waals surface area contributed by atoms with Gasteiger partial charge in [-0.05, 0) is 51.4 Å². The summed E-state index contributed by atoms with van der Waals surface area (Å²) in [5.41, 5.74) is 1.03. The van der Waals surface area contributed by atoms with Crippen LogP contribution in [0.3, 0.4) is 0 Å². The zero-order chi connectivity index (χ0) is 14.3. The number of hydrogen-bond acceptors (Lipinski definition) is 3. The Labute approximate surface area is 126 Å². The van der Waals surface area contributed by atoms with E-state index < -0.39 is 0 Å². The minimum atomic E-state index is 0.548. The molecule has 0 amide bonds. The van der Waals surface area contributed by atoms with Crippen molar-refractivity contribution in [2.75, 3.05) is 11.9 Å². The maximum atomic E-state index is 6.32. The Kier molecular flexibility index (Phi) is 3.89. The lowest BCUT2D eigenvalue weighted by Crippen LogP contribution is -2.36. The summed E-state index contributed by atoms with van der Waals surface area (Å²) in [6.07, 6.45) is 7.59. The van der Waals surface area contributed by atoms with Gasteiger partial charge in [-0.2, -0.15) is 0 Å². The van der Waals surface area contributed by atoms with Crippen LogP contribution < -0.4 is 4.90 Å². The van der Waals surface area contributed by atoms with E-state index in [2.05, 4.69) is 23.9 Å². The fourth-order valence-electron chi connectivity index (χ4n) is 3.16. The molecule has 0 atom stereocenters. The Morgan fingerprint density at radius 3 is 2.30 bits per heavy atom. The van der Waals surface area contributed by atoms with Gasteiger partial charge in [0.2, 0.25) is 0 Å². The molecule has 110 valence electrons. The summed E-state index contributed by atoms with van der Waals surface area (Å²) in [6.45, 7) is 4.39. The molecule has 2 aliphatic rings. The zero-order valence-electron chi connectivity index (χ0n) is 12.7. The minimum absolute atomic E-state index is 0.548. The van der Waals surface area contributed by atoms with Crippen LogP contribution in [-0.2, 0) is 0 Å². The highest BCUT2D eigenvalue weighted by Crippen LogP contribution is 2.40. The van der Waals surface area contributed by atoms with Crippen LogP contribution in [0.1, 0.15) is 62.8 Å². The van der Waals surface area contributed by atoms with Gasteiger partial charge in [0.05, 0.1) is 0 Å². The van der Waals surface area contributed by atoms with Crippen LogP contribution in [0.25, 0.3) is 0 Å². The van der Waals surface area contributed by atoms with Crippen molar-refractivity contribution in [2.45, 2.75) is 64.3 Å². The summed E-state index contributed by atoms with van der Waals surface area (Å²) in [4.78, 5) is 11.6. The summed E-state index contributed by atoms with van der Waals surface area (Å²) >= 11 is 6.32. The van der Waals surface area contributed by atoms with Gasteiger partial charge in [-0.3, -0.25) is 0 Å². The molecule has 0 aliphatic heterocycles. The van der Waals surface area contributed by atoms with E-state index in [0.29, 0.717) is 17.1 Å². The first-order valence-electron chi connectivity index (χ1n) is 7.83. The molecule has 2 fully saturated rings. The van der Waals surface area contributed by atoms with Gasteiger partial charge in [0.25, 0.3) is 0 Å².